The third-order valence-corrected chi connectivity index (χ3v) is 2.63. The summed E-state index contributed by atoms with van der Waals surface area (Å²) in [5.74, 6) is -1.87. The molecule has 4 nitrogen and oxygen atoms in total. The third kappa shape index (κ3) is 1.42. The molecule has 0 aliphatic carbocycles. The average Bonchev–Trinajstić information content (AvgIpc) is 2.52. The molecule has 1 aliphatic heterocycles. The minimum atomic E-state index is -0.802. The standard InChI is InChI=1S/C11H8ClNO3/c1-2-9(14)13-8-4-3-6(12)5-7(8)10(15)11(13)16/h3-5H,2H2,1H3. The summed E-state index contributed by atoms with van der Waals surface area (Å²) in [4.78, 5) is 35.6. The molecule has 0 bridgehead atoms. The molecule has 0 unspecified atom stereocenters. The van der Waals surface area contributed by atoms with Crippen LogP contribution in [-0.2, 0) is 9.59 Å². The van der Waals surface area contributed by atoms with Crippen molar-refractivity contribution < 1.29 is 14.4 Å². The molecule has 0 fully saturated rings. The normalized spacial score (nSPS) is 14.2. The minimum Gasteiger partial charge on any atom is -0.283 e. The Balaban J connectivity index is 2.58. The average molecular weight is 238 g/mol. The van der Waals surface area contributed by atoms with Gasteiger partial charge in [0.1, 0.15) is 0 Å². The lowest BCUT2D eigenvalue weighted by Gasteiger charge is -2.12. The number of imide groups is 1. The predicted molar refractivity (Wildman–Crippen MR) is 58.6 cm³/mol. The van der Waals surface area contributed by atoms with E-state index in [1.165, 1.54) is 12.1 Å². The molecule has 0 saturated carbocycles. The molecule has 1 aromatic carbocycles. The second-order valence-electron chi connectivity index (χ2n) is 3.38. The van der Waals surface area contributed by atoms with Crippen LogP contribution in [0.2, 0.25) is 5.02 Å². The fourth-order valence-corrected chi connectivity index (χ4v) is 1.79. The summed E-state index contributed by atoms with van der Waals surface area (Å²) in [5.41, 5.74) is 0.519. The number of benzene rings is 1. The smallest absolute Gasteiger partial charge is 0.283 e. The van der Waals surface area contributed by atoms with Gasteiger partial charge in [0.15, 0.2) is 0 Å². The number of carbonyl (C=O) groups is 3. The van der Waals surface area contributed by atoms with Crippen LogP contribution in [0.3, 0.4) is 0 Å². The van der Waals surface area contributed by atoms with E-state index in [1.807, 2.05) is 0 Å². The second kappa shape index (κ2) is 3.72. The van der Waals surface area contributed by atoms with E-state index in [-0.39, 0.29) is 17.9 Å². The highest BCUT2D eigenvalue weighted by molar-refractivity contribution is 6.56. The molecule has 1 aliphatic rings. The van der Waals surface area contributed by atoms with Crippen molar-refractivity contribution in [1.82, 2.24) is 0 Å². The molecule has 2 rings (SSSR count). The van der Waals surface area contributed by atoms with Gasteiger partial charge in [0.05, 0.1) is 11.3 Å². The van der Waals surface area contributed by atoms with Crippen LogP contribution in [-0.4, -0.2) is 17.6 Å². The molecule has 1 aromatic rings. The van der Waals surface area contributed by atoms with Gasteiger partial charge in [-0.1, -0.05) is 18.5 Å². The first-order chi connectivity index (χ1) is 7.56. The van der Waals surface area contributed by atoms with Crippen molar-refractivity contribution in [2.45, 2.75) is 13.3 Å². The summed E-state index contributed by atoms with van der Waals surface area (Å²) in [7, 11) is 0. The molecule has 2 amide bonds. The zero-order chi connectivity index (χ0) is 11.9. The zero-order valence-corrected chi connectivity index (χ0v) is 9.25. The number of hydrogen-bond acceptors (Lipinski definition) is 3. The Hall–Kier alpha value is -1.68. The van der Waals surface area contributed by atoms with Crippen LogP contribution in [0.4, 0.5) is 5.69 Å². The third-order valence-electron chi connectivity index (χ3n) is 2.39. The molecular weight excluding hydrogens is 230 g/mol. The van der Waals surface area contributed by atoms with E-state index >= 15 is 0 Å². The van der Waals surface area contributed by atoms with Crippen LogP contribution in [0.15, 0.2) is 18.2 Å². The van der Waals surface area contributed by atoms with Crippen molar-refractivity contribution in [2.75, 3.05) is 4.90 Å². The Bertz CT molecular complexity index is 510. The number of nitrogens with zero attached hydrogens (tertiary/aromatic N) is 1. The van der Waals surface area contributed by atoms with E-state index in [0.29, 0.717) is 10.7 Å². The van der Waals surface area contributed by atoms with Crippen molar-refractivity contribution >= 4 is 34.9 Å². The van der Waals surface area contributed by atoms with Gasteiger partial charge in [0.25, 0.3) is 5.78 Å². The number of carbonyl (C=O) groups excluding carboxylic acids is 3. The lowest BCUT2D eigenvalue weighted by molar-refractivity contribution is -0.124. The van der Waals surface area contributed by atoms with E-state index in [4.69, 9.17) is 11.6 Å². The number of hydrogen-bond donors (Lipinski definition) is 0. The van der Waals surface area contributed by atoms with Gasteiger partial charge >= 0.3 is 5.91 Å². The number of ketones is 1. The van der Waals surface area contributed by atoms with Gasteiger partial charge in [0, 0.05) is 11.4 Å². The van der Waals surface area contributed by atoms with Gasteiger partial charge < -0.3 is 0 Å². The number of anilines is 1. The van der Waals surface area contributed by atoms with Crippen LogP contribution >= 0.6 is 11.6 Å². The van der Waals surface area contributed by atoms with Crippen molar-refractivity contribution in [2.24, 2.45) is 0 Å². The van der Waals surface area contributed by atoms with Gasteiger partial charge in [0.2, 0.25) is 5.91 Å². The van der Waals surface area contributed by atoms with Crippen LogP contribution < -0.4 is 4.90 Å². The Kier molecular flexibility index (Phi) is 2.52. The van der Waals surface area contributed by atoms with Gasteiger partial charge in [-0.2, -0.15) is 0 Å². The number of Topliss-reactive ketones (excluding diaryl/α,β-unsaturated/α-hetero) is 1. The van der Waals surface area contributed by atoms with E-state index < -0.39 is 11.7 Å². The summed E-state index contributed by atoms with van der Waals surface area (Å²) in [6.45, 7) is 1.63. The number of rotatable bonds is 1. The zero-order valence-electron chi connectivity index (χ0n) is 8.49. The lowest BCUT2D eigenvalue weighted by atomic mass is 10.1. The molecule has 0 aromatic heterocycles. The Morgan fingerprint density at radius 2 is 2.06 bits per heavy atom. The highest BCUT2D eigenvalue weighted by Crippen LogP contribution is 2.31. The van der Waals surface area contributed by atoms with Gasteiger partial charge in [-0.15, -0.1) is 0 Å². The molecule has 0 atom stereocenters. The Morgan fingerprint density at radius 3 is 2.69 bits per heavy atom. The van der Waals surface area contributed by atoms with Crippen LogP contribution in [0.5, 0.6) is 0 Å². The summed E-state index contributed by atoms with van der Waals surface area (Å²) in [5, 5.41) is 0.366. The largest absolute Gasteiger partial charge is 0.306 e. The van der Waals surface area contributed by atoms with Crippen LogP contribution in [0.1, 0.15) is 23.7 Å². The second-order valence-corrected chi connectivity index (χ2v) is 3.81. The molecule has 82 valence electrons. The summed E-state index contributed by atoms with van der Waals surface area (Å²) in [6.07, 6.45) is 0.168. The molecule has 0 spiro atoms. The van der Waals surface area contributed by atoms with E-state index in [2.05, 4.69) is 0 Å². The van der Waals surface area contributed by atoms with Gasteiger partial charge in [-0.25, -0.2) is 4.90 Å². The fraction of sp³-hybridized carbons (Fsp3) is 0.182. The summed E-state index contributed by atoms with van der Waals surface area (Å²) in [6, 6.07) is 4.45. The highest BCUT2D eigenvalue weighted by atomic mass is 35.5. The summed E-state index contributed by atoms with van der Waals surface area (Å²) < 4.78 is 0. The maximum absolute atomic E-state index is 11.6. The SMILES string of the molecule is CCC(=O)N1C(=O)C(=O)c2cc(Cl)ccc21. The number of halogens is 1. The van der Waals surface area contributed by atoms with Crippen LogP contribution in [0, 0.1) is 0 Å². The van der Waals surface area contributed by atoms with Crippen molar-refractivity contribution in [3.05, 3.63) is 28.8 Å². The summed E-state index contributed by atoms with van der Waals surface area (Å²) >= 11 is 5.73. The molecule has 16 heavy (non-hydrogen) atoms. The van der Waals surface area contributed by atoms with E-state index in [0.717, 1.165) is 4.90 Å². The predicted octanol–water partition coefficient (Wildman–Crippen LogP) is 1.81. The molecule has 0 radical (unpaired) electrons. The topological polar surface area (TPSA) is 54.5 Å². The van der Waals surface area contributed by atoms with Crippen molar-refractivity contribution in [3.63, 3.8) is 0 Å². The first kappa shape index (κ1) is 10.8. The maximum atomic E-state index is 11.6. The van der Waals surface area contributed by atoms with Crippen molar-refractivity contribution in [1.29, 1.82) is 0 Å². The fourth-order valence-electron chi connectivity index (χ4n) is 1.62. The van der Waals surface area contributed by atoms with E-state index in [1.54, 1.807) is 13.0 Å². The van der Waals surface area contributed by atoms with Gasteiger partial charge in [-0.05, 0) is 18.2 Å². The number of amides is 2. The first-order valence-corrected chi connectivity index (χ1v) is 5.15. The molecule has 1 heterocycles. The van der Waals surface area contributed by atoms with Crippen LogP contribution in [0.25, 0.3) is 0 Å². The molecule has 5 heteroatoms. The van der Waals surface area contributed by atoms with Gasteiger partial charge in [-0.3, -0.25) is 14.4 Å². The van der Waals surface area contributed by atoms with Crippen molar-refractivity contribution in [3.8, 4) is 0 Å². The highest BCUT2D eigenvalue weighted by Gasteiger charge is 2.38. The lowest BCUT2D eigenvalue weighted by Crippen LogP contribution is -2.35. The van der Waals surface area contributed by atoms with E-state index in [9.17, 15) is 14.4 Å². The molecule has 0 N–H and O–H groups in total. The minimum absolute atomic E-state index is 0.168. The number of fused-ring (bicyclic) bond motifs is 1. The maximum Gasteiger partial charge on any atom is 0.306 e. The molecule has 0 saturated heterocycles. The Morgan fingerprint density at radius 1 is 1.38 bits per heavy atom. The quantitative estimate of drug-likeness (QED) is 0.700. The molecular formula is C11H8ClNO3. The first-order valence-electron chi connectivity index (χ1n) is 4.77. The monoisotopic (exact) mass is 237 g/mol. The Labute approximate surface area is 96.8 Å².